The molecule has 0 spiro atoms. The van der Waals surface area contributed by atoms with Crippen LogP contribution < -0.4 is 10.7 Å². The maximum Gasteiger partial charge on any atom is 0.259 e. The van der Waals surface area contributed by atoms with E-state index in [4.69, 9.17) is 11.6 Å². The van der Waals surface area contributed by atoms with Crippen LogP contribution in [0.3, 0.4) is 0 Å². The van der Waals surface area contributed by atoms with Gasteiger partial charge in [-0.15, -0.1) is 0 Å². The third-order valence-corrected chi connectivity index (χ3v) is 4.06. The molecule has 0 unspecified atom stereocenters. The van der Waals surface area contributed by atoms with Crippen molar-refractivity contribution in [3.8, 4) is 5.75 Å². The first-order valence-electron chi connectivity index (χ1n) is 6.45. The molecule has 0 aliphatic carbocycles. The second-order valence-electron chi connectivity index (χ2n) is 4.48. The zero-order valence-electron chi connectivity index (χ0n) is 11.7. The molecule has 0 aromatic heterocycles. The lowest BCUT2D eigenvalue weighted by Crippen LogP contribution is -2.25. The number of amides is 1. The molecule has 3 N–H and O–H groups in total. The van der Waals surface area contributed by atoms with E-state index in [9.17, 15) is 9.90 Å². The predicted molar refractivity (Wildman–Crippen MR) is 99.2 cm³/mol. The van der Waals surface area contributed by atoms with E-state index in [1.807, 2.05) is 0 Å². The third kappa shape index (κ3) is 5.53. The van der Waals surface area contributed by atoms with Gasteiger partial charge in [-0.3, -0.25) is 4.79 Å². The Morgan fingerprint density at radius 1 is 1.26 bits per heavy atom. The second kappa shape index (κ2) is 8.33. The number of rotatable bonds is 5. The van der Waals surface area contributed by atoms with Crippen LogP contribution in [0.1, 0.15) is 5.56 Å². The standard InChI is InChI=1S/C15H12Br2ClN3O2/c16-10-5-9(15(23)13(17)6-10)7-20-21-14(22)8-19-12-3-1-11(18)2-4-12/h1-7,19,23H,8H2,(H,21,22). The van der Waals surface area contributed by atoms with Crippen LogP contribution in [0.2, 0.25) is 5.02 Å². The Hall–Kier alpha value is -1.57. The summed E-state index contributed by atoms with van der Waals surface area (Å²) in [6, 6.07) is 10.4. The van der Waals surface area contributed by atoms with Crippen LogP contribution in [0.4, 0.5) is 5.69 Å². The molecule has 0 saturated heterocycles. The number of hydrazone groups is 1. The quantitative estimate of drug-likeness (QED) is 0.463. The summed E-state index contributed by atoms with van der Waals surface area (Å²) < 4.78 is 1.31. The third-order valence-electron chi connectivity index (χ3n) is 2.75. The normalized spacial score (nSPS) is 10.7. The number of anilines is 1. The minimum atomic E-state index is -0.315. The van der Waals surface area contributed by atoms with Gasteiger partial charge in [-0.2, -0.15) is 5.10 Å². The minimum absolute atomic E-state index is 0.0467. The van der Waals surface area contributed by atoms with Gasteiger partial charge < -0.3 is 10.4 Å². The Kier molecular flexibility index (Phi) is 6.44. The Balaban J connectivity index is 1.88. The Morgan fingerprint density at radius 3 is 2.65 bits per heavy atom. The Labute approximate surface area is 155 Å². The molecule has 2 aromatic rings. The van der Waals surface area contributed by atoms with Crippen molar-refractivity contribution in [2.45, 2.75) is 0 Å². The summed E-state index contributed by atoms with van der Waals surface area (Å²) in [5, 5.41) is 17.3. The van der Waals surface area contributed by atoms with Gasteiger partial charge in [-0.1, -0.05) is 27.5 Å². The minimum Gasteiger partial charge on any atom is -0.506 e. The van der Waals surface area contributed by atoms with Crippen LogP contribution in [-0.2, 0) is 4.79 Å². The van der Waals surface area contributed by atoms with Crippen LogP contribution in [-0.4, -0.2) is 23.8 Å². The topological polar surface area (TPSA) is 73.7 Å². The summed E-state index contributed by atoms with van der Waals surface area (Å²) in [4.78, 5) is 11.7. The molecule has 0 heterocycles. The summed E-state index contributed by atoms with van der Waals surface area (Å²) in [6.45, 7) is 0.0626. The Morgan fingerprint density at radius 2 is 1.96 bits per heavy atom. The maximum absolute atomic E-state index is 11.7. The number of phenolic OH excluding ortho intramolecular Hbond substituents is 1. The number of nitrogens with zero attached hydrogens (tertiary/aromatic N) is 1. The molecule has 5 nitrogen and oxygen atoms in total. The second-order valence-corrected chi connectivity index (χ2v) is 6.69. The molecule has 0 aliphatic heterocycles. The molecule has 0 aliphatic rings. The lowest BCUT2D eigenvalue weighted by atomic mass is 10.2. The number of carbonyl (C=O) groups excluding carboxylic acids is 1. The van der Waals surface area contributed by atoms with E-state index >= 15 is 0 Å². The van der Waals surface area contributed by atoms with Crippen molar-refractivity contribution in [3.05, 3.63) is 55.9 Å². The number of halogens is 3. The number of aromatic hydroxyl groups is 1. The molecule has 120 valence electrons. The van der Waals surface area contributed by atoms with Crippen LogP contribution in [0, 0.1) is 0 Å². The lowest BCUT2D eigenvalue weighted by Gasteiger charge is -2.05. The molecule has 8 heteroatoms. The van der Waals surface area contributed by atoms with E-state index in [1.54, 1.807) is 36.4 Å². The SMILES string of the molecule is O=C(CNc1ccc(Cl)cc1)NN=Cc1cc(Br)cc(Br)c1O. The average molecular weight is 462 g/mol. The molecule has 0 bridgehead atoms. The first kappa shape index (κ1) is 17.8. The fraction of sp³-hybridized carbons (Fsp3) is 0.0667. The first-order chi connectivity index (χ1) is 11.0. The fourth-order valence-electron chi connectivity index (χ4n) is 1.65. The summed E-state index contributed by atoms with van der Waals surface area (Å²) >= 11 is 12.3. The van der Waals surface area contributed by atoms with Gasteiger partial charge in [-0.05, 0) is 52.3 Å². The van der Waals surface area contributed by atoms with Gasteiger partial charge in [-0.25, -0.2) is 5.43 Å². The molecule has 2 rings (SSSR count). The highest BCUT2D eigenvalue weighted by Crippen LogP contribution is 2.30. The highest BCUT2D eigenvalue weighted by Gasteiger charge is 2.05. The molecular weight excluding hydrogens is 449 g/mol. The summed E-state index contributed by atoms with van der Waals surface area (Å²) in [5.41, 5.74) is 3.63. The zero-order valence-corrected chi connectivity index (χ0v) is 15.6. The molecule has 0 radical (unpaired) electrons. The molecule has 23 heavy (non-hydrogen) atoms. The van der Waals surface area contributed by atoms with E-state index in [1.165, 1.54) is 6.21 Å². The van der Waals surface area contributed by atoms with Gasteiger partial charge in [0.15, 0.2) is 0 Å². The van der Waals surface area contributed by atoms with Crippen LogP contribution in [0.15, 0.2) is 50.4 Å². The summed E-state index contributed by atoms with van der Waals surface area (Å²) in [6.07, 6.45) is 1.37. The molecule has 1 amide bonds. The van der Waals surface area contributed by atoms with Crippen molar-refractivity contribution in [3.63, 3.8) is 0 Å². The van der Waals surface area contributed by atoms with Crippen molar-refractivity contribution >= 4 is 61.3 Å². The maximum atomic E-state index is 11.7. The molecule has 0 saturated carbocycles. The highest BCUT2D eigenvalue weighted by atomic mass is 79.9. The molecular formula is C15H12Br2ClN3O2. The van der Waals surface area contributed by atoms with E-state index in [0.717, 1.165) is 10.2 Å². The largest absolute Gasteiger partial charge is 0.506 e. The van der Waals surface area contributed by atoms with E-state index in [2.05, 4.69) is 47.7 Å². The monoisotopic (exact) mass is 459 g/mol. The van der Waals surface area contributed by atoms with E-state index < -0.39 is 0 Å². The Bertz CT molecular complexity index is 736. The number of benzene rings is 2. The molecule has 2 aromatic carbocycles. The van der Waals surface area contributed by atoms with Gasteiger partial charge in [0.2, 0.25) is 0 Å². The smallest absolute Gasteiger partial charge is 0.259 e. The van der Waals surface area contributed by atoms with Gasteiger partial charge in [0.25, 0.3) is 5.91 Å². The molecule has 0 atom stereocenters. The van der Waals surface area contributed by atoms with Gasteiger partial charge >= 0.3 is 0 Å². The van der Waals surface area contributed by atoms with Crippen molar-refractivity contribution in [2.75, 3.05) is 11.9 Å². The average Bonchev–Trinajstić information content (AvgIpc) is 2.51. The number of hydrogen-bond donors (Lipinski definition) is 3. The van der Waals surface area contributed by atoms with Crippen LogP contribution in [0.25, 0.3) is 0 Å². The van der Waals surface area contributed by atoms with Crippen molar-refractivity contribution in [2.24, 2.45) is 5.10 Å². The van der Waals surface area contributed by atoms with E-state index in [0.29, 0.717) is 15.1 Å². The first-order valence-corrected chi connectivity index (χ1v) is 8.41. The van der Waals surface area contributed by atoms with Gasteiger partial charge in [0.05, 0.1) is 17.2 Å². The van der Waals surface area contributed by atoms with Crippen LogP contribution in [0.5, 0.6) is 5.75 Å². The zero-order chi connectivity index (χ0) is 16.8. The summed E-state index contributed by atoms with van der Waals surface area (Å²) in [5.74, 6) is -0.268. The highest BCUT2D eigenvalue weighted by molar-refractivity contribution is 9.11. The van der Waals surface area contributed by atoms with Crippen molar-refractivity contribution in [1.82, 2.24) is 5.43 Å². The molecule has 0 fully saturated rings. The summed E-state index contributed by atoms with van der Waals surface area (Å²) in [7, 11) is 0. The lowest BCUT2D eigenvalue weighted by molar-refractivity contribution is -0.119. The number of carbonyl (C=O) groups is 1. The van der Waals surface area contributed by atoms with Gasteiger partial charge in [0, 0.05) is 20.7 Å². The van der Waals surface area contributed by atoms with Crippen molar-refractivity contribution < 1.29 is 9.90 Å². The van der Waals surface area contributed by atoms with Crippen molar-refractivity contribution in [1.29, 1.82) is 0 Å². The predicted octanol–water partition coefficient (Wildman–Crippen LogP) is 4.13. The number of hydrogen-bond acceptors (Lipinski definition) is 4. The van der Waals surface area contributed by atoms with E-state index in [-0.39, 0.29) is 18.2 Å². The van der Waals surface area contributed by atoms with Crippen LogP contribution >= 0.6 is 43.5 Å². The fourth-order valence-corrected chi connectivity index (χ4v) is 3.03. The number of phenols is 1. The van der Waals surface area contributed by atoms with Gasteiger partial charge in [0.1, 0.15) is 5.75 Å². The number of nitrogens with one attached hydrogen (secondary N) is 2.